The van der Waals surface area contributed by atoms with Gasteiger partial charge in [-0.05, 0) is 62.7 Å². The van der Waals surface area contributed by atoms with Gasteiger partial charge in [0.1, 0.15) is 16.3 Å². The van der Waals surface area contributed by atoms with Crippen LogP contribution >= 0.6 is 11.3 Å². The van der Waals surface area contributed by atoms with Crippen LogP contribution in [0.2, 0.25) is 0 Å². The SMILES string of the molecule is CC(C)(C)OC(=O)N1CCN(Cc2ccc3nc(-c4ccccc4NC(=O)c4cnc5ccccc5n4)sc3c2)CC1. The maximum atomic E-state index is 13.1. The number of nitrogens with one attached hydrogen (secondary N) is 1. The zero-order chi connectivity index (χ0) is 29.3. The average Bonchev–Trinajstić information content (AvgIpc) is 3.40. The van der Waals surface area contributed by atoms with E-state index in [-0.39, 0.29) is 17.7 Å². The van der Waals surface area contributed by atoms with Gasteiger partial charge in [-0.2, -0.15) is 0 Å². The summed E-state index contributed by atoms with van der Waals surface area (Å²) in [6, 6.07) is 21.5. The Kier molecular flexibility index (Phi) is 7.57. The van der Waals surface area contributed by atoms with E-state index in [2.05, 4.69) is 32.3 Å². The van der Waals surface area contributed by atoms with E-state index in [1.165, 1.54) is 11.8 Å². The van der Waals surface area contributed by atoms with Crippen LogP contribution in [0.1, 0.15) is 36.8 Å². The van der Waals surface area contributed by atoms with Crippen LogP contribution in [-0.4, -0.2) is 68.5 Å². The van der Waals surface area contributed by atoms with Crippen molar-refractivity contribution in [3.63, 3.8) is 0 Å². The number of ether oxygens (including phenoxy) is 1. The minimum Gasteiger partial charge on any atom is -0.444 e. The molecular formula is C32H32N6O3S. The van der Waals surface area contributed by atoms with E-state index in [4.69, 9.17) is 9.72 Å². The van der Waals surface area contributed by atoms with Gasteiger partial charge < -0.3 is 15.0 Å². The average molecular weight is 581 g/mol. The molecule has 214 valence electrons. The van der Waals surface area contributed by atoms with Gasteiger partial charge in [-0.25, -0.2) is 14.8 Å². The largest absolute Gasteiger partial charge is 0.444 e. The minimum absolute atomic E-state index is 0.248. The van der Waals surface area contributed by atoms with Gasteiger partial charge in [0.15, 0.2) is 0 Å². The van der Waals surface area contributed by atoms with Gasteiger partial charge >= 0.3 is 6.09 Å². The van der Waals surface area contributed by atoms with Crippen molar-refractivity contribution in [3.8, 4) is 10.6 Å². The van der Waals surface area contributed by atoms with Crippen LogP contribution in [0, 0.1) is 0 Å². The van der Waals surface area contributed by atoms with Crippen molar-refractivity contribution < 1.29 is 14.3 Å². The second kappa shape index (κ2) is 11.5. The van der Waals surface area contributed by atoms with Crippen molar-refractivity contribution in [3.05, 3.63) is 84.2 Å². The quantitative estimate of drug-likeness (QED) is 0.264. The first-order chi connectivity index (χ1) is 20.2. The van der Waals surface area contributed by atoms with Crippen LogP contribution in [0.25, 0.3) is 31.8 Å². The number of para-hydroxylation sites is 3. The van der Waals surface area contributed by atoms with Gasteiger partial charge in [0.05, 0.1) is 33.1 Å². The molecule has 1 N–H and O–H groups in total. The number of benzene rings is 3. The maximum absolute atomic E-state index is 13.1. The van der Waals surface area contributed by atoms with E-state index in [1.807, 2.05) is 75.4 Å². The molecule has 3 aromatic carbocycles. The Bertz CT molecular complexity index is 1770. The van der Waals surface area contributed by atoms with E-state index < -0.39 is 5.60 Å². The Morgan fingerprint density at radius 2 is 1.64 bits per heavy atom. The number of carbonyl (C=O) groups is 2. The van der Waals surface area contributed by atoms with Crippen LogP contribution in [-0.2, 0) is 11.3 Å². The fourth-order valence-electron chi connectivity index (χ4n) is 4.89. The molecule has 1 aliphatic heterocycles. The molecule has 9 nitrogen and oxygen atoms in total. The third-order valence-corrected chi connectivity index (χ3v) is 8.02. The molecule has 2 aromatic heterocycles. The van der Waals surface area contributed by atoms with Gasteiger partial charge in [-0.15, -0.1) is 11.3 Å². The van der Waals surface area contributed by atoms with Crippen molar-refractivity contribution in [2.75, 3.05) is 31.5 Å². The van der Waals surface area contributed by atoms with Crippen LogP contribution in [0.15, 0.2) is 72.9 Å². The maximum Gasteiger partial charge on any atom is 0.410 e. The zero-order valence-electron chi connectivity index (χ0n) is 23.8. The number of carbonyl (C=O) groups excluding carboxylic acids is 2. The molecule has 3 heterocycles. The topological polar surface area (TPSA) is 101 Å². The first kappa shape index (κ1) is 27.7. The molecule has 10 heteroatoms. The summed E-state index contributed by atoms with van der Waals surface area (Å²) in [5.41, 5.74) is 4.80. The molecule has 1 saturated heterocycles. The number of thiazole rings is 1. The highest BCUT2D eigenvalue weighted by molar-refractivity contribution is 7.21. The highest BCUT2D eigenvalue weighted by Crippen LogP contribution is 2.35. The summed E-state index contributed by atoms with van der Waals surface area (Å²) in [5, 5.41) is 3.83. The summed E-state index contributed by atoms with van der Waals surface area (Å²) in [7, 11) is 0. The normalized spacial score (nSPS) is 14.3. The zero-order valence-corrected chi connectivity index (χ0v) is 24.6. The Morgan fingerprint density at radius 1 is 0.905 bits per heavy atom. The summed E-state index contributed by atoms with van der Waals surface area (Å²) < 4.78 is 6.60. The van der Waals surface area contributed by atoms with E-state index >= 15 is 0 Å². The number of aromatic nitrogens is 3. The van der Waals surface area contributed by atoms with Crippen molar-refractivity contribution in [2.45, 2.75) is 32.9 Å². The lowest BCUT2D eigenvalue weighted by atomic mass is 10.1. The number of fused-ring (bicyclic) bond motifs is 2. The molecule has 6 rings (SSSR count). The second-order valence-electron chi connectivity index (χ2n) is 11.3. The molecule has 0 aliphatic carbocycles. The lowest BCUT2D eigenvalue weighted by molar-refractivity contribution is 0.0139. The van der Waals surface area contributed by atoms with Crippen LogP contribution in [0.4, 0.5) is 10.5 Å². The van der Waals surface area contributed by atoms with Gasteiger partial charge in [-0.3, -0.25) is 14.7 Å². The predicted molar refractivity (Wildman–Crippen MR) is 166 cm³/mol. The van der Waals surface area contributed by atoms with Crippen molar-refractivity contribution in [2.24, 2.45) is 0 Å². The molecule has 0 saturated carbocycles. The standard InChI is InChI=1S/C32H32N6O3S/c1-32(2,3)41-31(40)38-16-14-37(15-17-38)20-21-12-13-26-28(18-21)42-30(36-26)22-8-4-5-9-23(22)35-29(39)27-19-33-24-10-6-7-11-25(24)34-27/h4-13,18-19H,14-17,20H2,1-3H3,(H,35,39). The molecule has 0 unspecified atom stereocenters. The number of anilines is 1. The number of hydrogen-bond donors (Lipinski definition) is 1. The third-order valence-electron chi connectivity index (χ3n) is 6.97. The monoisotopic (exact) mass is 580 g/mol. The lowest BCUT2D eigenvalue weighted by Gasteiger charge is -2.35. The molecule has 0 bridgehead atoms. The Labute approximate surface area is 248 Å². The molecule has 1 aliphatic rings. The molecule has 0 radical (unpaired) electrons. The molecule has 5 aromatic rings. The number of hydrogen-bond acceptors (Lipinski definition) is 8. The Morgan fingerprint density at radius 3 is 2.43 bits per heavy atom. The molecule has 42 heavy (non-hydrogen) atoms. The minimum atomic E-state index is -0.491. The smallest absolute Gasteiger partial charge is 0.410 e. The molecule has 2 amide bonds. The van der Waals surface area contributed by atoms with E-state index in [9.17, 15) is 9.59 Å². The summed E-state index contributed by atoms with van der Waals surface area (Å²) >= 11 is 1.60. The predicted octanol–water partition coefficient (Wildman–Crippen LogP) is 6.21. The third kappa shape index (κ3) is 6.24. The van der Waals surface area contributed by atoms with Gasteiger partial charge in [0, 0.05) is 38.3 Å². The Balaban J connectivity index is 1.15. The van der Waals surface area contributed by atoms with Crippen molar-refractivity contribution >= 4 is 50.3 Å². The highest BCUT2D eigenvalue weighted by Gasteiger charge is 2.26. The van der Waals surface area contributed by atoms with Crippen molar-refractivity contribution in [1.82, 2.24) is 24.8 Å². The van der Waals surface area contributed by atoms with E-state index in [0.717, 1.165) is 45.9 Å². The second-order valence-corrected chi connectivity index (χ2v) is 12.3. The van der Waals surface area contributed by atoms with Crippen molar-refractivity contribution in [1.29, 1.82) is 0 Å². The van der Waals surface area contributed by atoms with E-state index in [0.29, 0.717) is 24.3 Å². The molecular weight excluding hydrogens is 548 g/mol. The summed E-state index contributed by atoms with van der Waals surface area (Å²) in [4.78, 5) is 43.4. The van der Waals surface area contributed by atoms with Crippen LogP contribution in [0.3, 0.4) is 0 Å². The van der Waals surface area contributed by atoms with Gasteiger partial charge in [0.2, 0.25) is 0 Å². The number of amides is 2. The first-order valence-electron chi connectivity index (χ1n) is 13.9. The summed E-state index contributed by atoms with van der Waals surface area (Å²) in [6.07, 6.45) is 1.25. The number of piperazine rings is 1. The van der Waals surface area contributed by atoms with E-state index in [1.54, 1.807) is 16.2 Å². The lowest BCUT2D eigenvalue weighted by Crippen LogP contribution is -2.49. The fraction of sp³-hybridized carbons (Fsp3) is 0.281. The molecule has 0 spiro atoms. The summed E-state index contributed by atoms with van der Waals surface area (Å²) in [5.74, 6) is -0.323. The number of nitrogens with zero attached hydrogens (tertiary/aromatic N) is 5. The highest BCUT2D eigenvalue weighted by atomic mass is 32.1. The van der Waals surface area contributed by atoms with Gasteiger partial charge in [0.25, 0.3) is 5.91 Å². The molecule has 0 atom stereocenters. The van der Waals surface area contributed by atoms with Crippen LogP contribution in [0.5, 0.6) is 0 Å². The first-order valence-corrected chi connectivity index (χ1v) is 14.8. The van der Waals surface area contributed by atoms with Gasteiger partial charge in [-0.1, -0.05) is 30.3 Å². The Hall–Kier alpha value is -4.41. The van der Waals surface area contributed by atoms with Crippen LogP contribution < -0.4 is 5.32 Å². The summed E-state index contributed by atoms with van der Waals surface area (Å²) in [6.45, 7) is 9.34. The molecule has 1 fully saturated rings. The fourth-order valence-corrected chi connectivity index (χ4v) is 5.96. The number of rotatable bonds is 5.